The predicted octanol–water partition coefficient (Wildman–Crippen LogP) is 1.04. The van der Waals surface area contributed by atoms with Crippen LogP contribution in [-0.4, -0.2) is 35.7 Å². The van der Waals surface area contributed by atoms with Gasteiger partial charge in [-0.05, 0) is 39.0 Å². The quantitative estimate of drug-likeness (QED) is 0.652. The Morgan fingerprint density at radius 1 is 1.41 bits per heavy atom. The molecule has 0 aromatic rings. The van der Waals surface area contributed by atoms with Gasteiger partial charge in [-0.15, -0.1) is 0 Å². The van der Waals surface area contributed by atoms with Crippen LogP contribution in [0.25, 0.3) is 0 Å². The van der Waals surface area contributed by atoms with Gasteiger partial charge in [0.25, 0.3) is 0 Å². The number of carbonyl (C=O) groups excluding carboxylic acids is 1. The van der Waals surface area contributed by atoms with Crippen LogP contribution in [0, 0.1) is 5.92 Å². The molecule has 0 spiro atoms. The Labute approximate surface area is 104 Å². The summed E-state index contributed by atoms with van der Waals surface area (Å²) in [6.07, 6.45) is 3.80. The summed E-state index contributed by atoms with van der Waals surface area (Å²) in [5, 5.41) is 15.7. The van der Waals surface area contributed by atoms with Crippen molar-refractivity contribution < 1.29 is 9.90 Å². The van der Waals surface area contributed by atoms with Crippen molar-refractivity contribution in [2.24, 2.45) is 5.92 Å². The average Bonchev–Trinajstić information content (AvgIpc) is 2.64. The van der Waals surface area contributed by atoms with Crippen LogP contribution in [-0.2, 0) is 4.79 Å². The number of aliphatic hydroxyl groups excluding tert-OH is 1. The molecular formula is C13H26N2O2. The Morgan fingerprint density at radius 3 is 2.65 bits per heavy atom. The third-order valence-electron chi connectivity index (χ3n) is 3.67. The van der Waals surface area contributed by atoms with Gasteiger partial charge in [0, 0.05) is 12.1 Å². The summed E-state index contributed by atoms with van der Waals surface area (Å²) >= 11 is 0. The van der Waals surface area contributed by atoms with Crippen molar-refractivity contribution in [3.05, 3.63) is 0 Å². The molecule has 0 aromatic carbocycles. The molecule has 4 nitrogen and oxygen atoms in total. The van der Waals surface area contributed by atoms with Gasteiger partial charge in [0.05, 0.1) is 12.6 Å². The monoisotopic (exact) mass is 242 g/mol. The highest BCUT2D eigenvalue weighted by atomic mass is 16.3. The molecule has 2 atom stereocenters. The molecule has 1 fully saturated rings. The van der Waals surface area contributed by atoms with E-state index in [1.54, 1.807) is 0 Å². The van der Waals surface area contributed by atoms with Crippen LogP contribution < -0.4 is 10.6 Å². The molecular weight excluding hydrogens is 216 g/mol. The lowest BCUT2D eigenvalue weighted by atomic mass is 10.0. The zero-order valence-electron chi connectivity index (χ0n) is 11.3. The van der Waals surface area contributed by atoms with Gasteiger partial charge in [-0.2, -0.15) is 0 Å². The average molecular weight is 242 g/mol. The minimum atomic E-state index is -0.183. The summed E-state index contributed by atoms with van der Waals surface area (Å²) in [4.78, 5) is 11.6. The Kier molecular flexibility index (Phi) is 5.40. The van der Waals surface area contributed by atoms with E-state index in [0.717, 1.165) is 32.2 Å². The molecule has 1 saturated carbocycles. The van der Waals surface area contributed by atoms with Crippen molar-refractivity contribution in [3.63, 3.8) is 0 Å². The first-order valence-electron chi connectivity index (χ1n) is 6.64. The number of rotatable bonds is 6. The first kappa shape index (κ1) is 14.5. The van der Waals surface area contributed by atoms with Gasteiger partial charge in [0.15, 0.2) is 0 Å². The lowest BCUT2D eigenvalue weighted by Gasteiger charge is -2.24. The van der Waals surface area contributed by atoms with Crippen LogP contribution in [0.3, 0.4) is 0 Å². The fourth-order valence-corrected chi connectivity index (χ4v) is 2.14. The molecule has 1 amide bonds. The van der Waals surface area contributed by atoms with Gasteiger partial charge < -0.3 is 15.7 Å². The molecule has 0 aliphatic heterocycles. The first-order chi connectivity index (χ1) is 7.94. The number of carbonyl (C=O) groups is 1. The van der Waals surface area contributed by atoms with E-state index in [9.17, 15) is 9.90 Å². The van der Waals surface area contributed by atoms with Gasteiger partial charge in [-0.1, -0.05) is 13.3 Å². The molecule has 1 aliphatic carbocycles. The Bertz CT molecular complexity index is 254. The second kappa shape index (κ2) is 6.36. The van der Waals surface area contributed by atoms with Crippen molar-refractivity contribution in [2.45, 2.75) is 58.1 Å². The molecule has 2 unspecified atom stereocenters. The van der Waals surface area contributed by atoms with Gasteiger partial charge in [-0.25, -0.2) is 0 Å². The molecule has 17 heavy (non-hydrogen) atoms. The lowest BCUT2D eigenvalue weighted by molar-refractivity contribution is -0.121. The highest BCUT2D eigenvalue weighted by Crippen LogP contribution is 2.24. The SMILES string of the molecule is CCC(C)(C)NC(=O)CNCC1CCCC1O. The fraction of sp³-hybridized carbons (Fsp3) is 0.923. The molecule has 1 rings (SSSR count). The summed E-state index contributed by atoms with van der Waals surface area (Å²) in [5.41, 5.74) is -0.133. The Morgan fingerprint density at radius 2 is 2.12 bits per heavy atom. The first-order valence-corrected chi connectivity index (χ1v) is 6.64. The van der Waals surface area contributed by atoms with E-state index in [-0.39, 0.29) is 17.6 Å². The minimum Gasteiger partial charge on any atom is -0.393 e. The van der Waals surface area contributed by atoms with Crippen molar-refractivity contribution in [2.75, 3.05) is 13.1 Å². The Hall–Kier alpha value is -0.610. The molecule has 0 saturated heterocycles. The van der Waals surface area contributed by atoms with E-state index < -0.39 is 0 Å². The third-order valence-corrected chi connectivity index (χ3v) is 3.67. The molecule has 0 radical (unpaired) electrons. The highest BCUT2D eigenvalue weighted by molar-refractivity contribution is 5.78. The third kappa shape index (κ3) is 5.04. The van der Waals surface area contributed by atoms with Crippen LogP contribution in [0.5, 0.6) is 0 Å². The second-order valence-corrected chi connectivity index (χ2v) is 5.67. The summed E-state index contributed by atoms with van der Waals surface area (Å²) in [6.45, 7) is 7.17. The molecule has 0 bridgehead atoms. The minimum absolute atomic E-state index is 0.0318. The highest BCUT2D eigenvalue weighted by Gasteiger charge is 2.25. The number of nitrogens with one attached hydrogen (secondary N) is 2. The number of hydrogen-bond acceptors (Lipinski definition) is 3. The molecule has 0 aromatic heterocycles. The van der Waals surface area contributed by atoms with Crippen LogP contribution in [0.1, 0.15) is 46.5 Å². The van der Waals surface area contributed by atoms with Crippen LogP contribution in [0.15, 0.2) is 0 Å². The maximum Gasteiger partial charge on any atom is 0.234 e. The normalized spacial score (nSPS) is 24.9. The standard InChI is InChI=1S/C13H26N2O2/c1-4-13(2,3)15-12(17)9-14-8-10-6-5-7-11(10)16/h10-11,14,16H,4-9H2,1-3H3,(H,15,17). The molecule has 1 aliphatic rings. The molecule has 3 N–H and O–H groups in total. The largest absolute Gasteiger partial charge is 0.393 e. The summed E-state index contributed by atoms with van der Waals surface area (Å²) in [7, 11) is 0. The van der Waals surface area contributed by atoms with E-state index in [1.807, 2.05) is 13.8 Å². The van der Waals surface area contributed by atoms with Crippen molar-refractivity contribution in [3.8, 4) is 0 Å². The van der Waals surface area contributed by atoms with E-state index in [1.165, 1.54) is 0 Å². The Balaban J connectivity index is 2.16. The van der Waals surface area contributed by atoms with Gasteiger partial charge >= 0.3 is 0 Å². The number of hydrogen-bond donors (Lipinski definition) is 3. The summed E-state index contributed by atoms with van der Waals surface area (Å²) in [5.74, 6) is 0.353. The molecule has 0 heterocycles. The molecule has 100 valence electrons. The van der Waals surface area contributed by atoms with Crippen LogP contribution in [0.2, 0.25) is 0 Å². The van der Waals surface area contributed by atoms with E-state index >= 15 is 0 Å². The zero-order chi connectivity index (χ0) is 12.9. The van der Waals surface area contributed by atoms with Crippen molar-refractivity contribution in [1.29, 1.82) is 0 Å². The number of amides is 1. The smallest absolute Gasteiger partial charge is 0.234 e. The molecule has 4 heteroatoms. The fourth-order valence-electron chi connectivity index (χ4n) is 2.14. The van der Waals surface area contributed by atoms with Gasteiger partial charge in [0.2, 0.25) is 5.91 Å². The number of aliphatic hydroxyl groups is 1. The summed E-state index contributed by atoms with van der Waals surface area (Å²) in [6, 6.07) is 0. The lowest BCUT2D eigenvalue weighted by Crippen LogP contribution is -2.47. The predicted molar refractivity (Wildman–Crippen MR) is 68.7 cm³/mol. The van der Waals surface area contributed by atoms with E-state index in [0.29, 0.717) is 12.5 Å². The van der Waals surface area contributed by atoms with Crippen LogP contribution >= 0.6 is 0 Å². The zero-order valence-corrected chi connectivity index (χ0v) is 11.3. The van der Waals surface area contributed by atoms with Gasteiger partial charge in [-0.3, -0.25) is 4.79 Å². The topological polar surface area (TPSA) is 61.4 Å². The van der Waals surface area contributed by atoms with Crippen molar-refractivity contribution >= 4 is 5.91 Å². The second-order valence-electron chi connectivity index (χ2n) is 5.67. The van der Waals surface area contributed by atoms with E-state index in [2.05, 4.69) is 17.6 Å². The van der Waals surface area contributed by atoms with Crippen LogP contribution in [0.4, 0.5) is 0 Å². The van der Waals surface area contributed by atoms with E-state index in [4.69, 9.17) is 0 Å². The summed E-state index contributed by atoms with van der Waals surface area (Å²) < 4.78 is 0. The maximum atomic E-state index is 11.6. The maximum absolute atomic E-state index is 11.6. The van der Waals surface area contributed by atoms with Crippen molar-refractivity contribution in [1.82, 2.24) is 10.6 Å². The van der Waals surface area contributed by atoms with Gasteiger partial charge in [0.1, 0.15) is 0 Å².